The van der Waals surface area contributed by atoms with Crippen LogP contribution in [0.2, 0.25) is 5.02 Å². The summed E-state index contributed by atoms with van der Waals surface area (Å²) in [5.74, 6) is 0.471. The zero-order chi connectivity index (χ0) is 14.9. The number of benzene rings is 1. The minimum absolute atomic E-state index is 0.0493. The lowest BCUT2D eigenvalue weighted by Crippen LogP contribution is -1.98. The third kappa shape index (κ3) is 3.08. The molecule has 0 aliphatic heterocycles. The first kappa shape index (κ1) is 14.7. The van der Waals surface area contributed by atoms with Crippen LogP contribution in [0.15, 0.2) is 28.9 Å². The SMILES string of the molecule is Cc1cc(Cl)cc(C)c1Oc1ncc(Br)cc1[N+](=O)[O-]. The molecular formula is C13H10BrClN2O3. The molecule has 0 fully saturated rings. The van der Waals surface area contributed by atoms with Gasteiger partial charge in [-0.25, -0.2) is 4.98 Å². The van der Waals surface area contributed by atoms with Crippen LogP contribution in [0.5, 0.6) is 11.6 Å². The van der Waals surface area contributed by atoms with Crippen molar-refractivity contribution in [3.63, 3.8) is 0 Å². The van der Waals surface area contributed by atoms with Crippen molar-refractivity contribution in [2.75, 3.05) is 0 Å². The van der Waals surface area contributed by atoms with E-state index in [9.17, 15) is 10.1 Å². The molecular weight excluding hydrogens is 348 g/mol. The van der Waals surface area contributed by atoms with E-state index in [1.807, 2.05) is 13.8 Å². The molecule has 0 amide bonds. The number of nitrogens with zero attached hydrogens (tertiary/aromatic N) is 2. The van der Waals surface area contributed by atoms with Crippen molar-refractivity contribution in [2.45, 2.75) is 13.8 Å². The Hall–Kier alpha value is -1.66. The Labute approximate surface area is 128 Å². The van der Waals surface area contributed by atoms with Gasteiger partial charge in [0.25, 0.3) is 5.88 Å². The number of aromatic nitrogens is 1. The molecule has 2 rings (SSSR count). The second kappa shape index (κ2) is 5.76. The summed E-state index contributed by atoms with van der Waals surface area (Å²) in [6.45, 7) is 3.64. The van der Waals surface area contributed by atoms with Crippen LogP contribution in [-0.2, 0) is 0 Å². The quantitative estimate of drug-likeness (QED) is 0.584. The van der Waals surface area contributed by atoms with Crippen LogP contribution in [0.1, 0.15) is 11.1 Å². The van der Waals surface area contributed by atoms with Crippen LogP contribution in [0.25, 0.3) is 0 Å². The Kier molecular flexibility index (Phi) is 4.25. The largest absolute Gasteiger partial charge is 0.433 e. The molecule has 0 N–H and O–H groups in total. The van der Waals surface area contributed by atoms with Gasteiger partial charge in [0.2, 0.25) is 0 Å². The number of aryl methyl sites for hydroxylation is 2. The standard InChI is InChI=1S/C13H10BrClN2O3/c1-7-3-10(15)4-8(2)12(7)20-13-11(17(18)19)5-9(14)6-16-13/h3-6H,1-2H3. The number of hydrogen-bond acceptors (Lipinski definition) is 4. The highest BCUT2D eigenvalue weighted by molar-refractivity contribution is 9.10. The summed E-state index contributed by atoms with van der Waals surface area (Å²) >= 11 is 9.09. The van der Waals surface area contributed by atoms with E-state index in [0.717, 1.165) is 11.1 Å². The van der Waals surface area contributed by atoms with E-state index in [-0.39, 0.29) is 11.6 Å². The molecule has 20 heavy (non-hydrogen) atoms. The molecule has 0 spiro atoms. The first-order valence-corrected chi connectivity index (χ1v) is 6.80. The Balaban J connectivity index is 2.48. The minimum Gasteiger partial charge on any atom is -0.433 e. The lowest BCUT2D eigenvalue weighted by atomic mass is 10.1. The maximum absolute atomic E-state index is 11.0. The van der Waals surface area contributed by atoms with Crippen molar-refractivity contribution in [3.8, 4) is 11.6 Å². The fraction of sp³-hybridized carbons (Fsp3) is 0.154. The van der Waals surface area contributed by atoms with Gasteiger partial charge in [0.15, 0.2) is 0 Å². The van der Waals surface area contributed by atoms with Gasteiger partial charge >= 0.3 is 5.69 Å². The number of ether oxygens (including phenoxy) is 1. The predicted molar refractivity (Wildman–Crippen MR) is 79.6 cm³/mol. The van der Waals surface area contributed by atoms with Crippen molar-refractivity contribution in [1.82, 2.24) is 4.98 Å². The van der Waals surface area contributed by atoms with Gasteiger partial charge in [-0.15, -0.1) is 0 Å². The van der Waals surface area contributed by atoms with E-state index >= 15 is 0 Å². The summed E-state index contributed by atoms with van der Waals surface area (Å²) < 4.78 is 6.13. The maximum atomic E-state index is 11.0. The lowest BCUT2D eigenvalue weighted by Gasteiger charge is -2.11. The van der Waals surface area contributed by atoms with E-state index in [2.05, 4.69) is 20.9 Å². The molecule has 7 heteroatoms. The summed E-state index contributed by atoms with van der Waals surface area (Å²) in [5, 5.41) is 11.6. The Morgan fingerprint density at radius 2 is 1.90 bits per heavy atom. The van der Waals surface area contributed by atoms with Gasteiger partial charge in [0, 0.05) is 21.8 Å². The summed E-state index contributed by atoms with van der Waals surface area (Å²) in [6.07, 6.45) is 1.45. The molecule has 1 aromatic heterocycles. The highest BCUT2D eigenvalue weighted by atomic mass is 79.9. The average molecular weight is 358 g/mol. The molecule has 1 heterocycles. The highest BCUT2D eigenvalue weighted by Crippen LogP contribution is 2.35. The molecule has 0 bridgehead atoms. The second-order valence-corrected chi connectivity index (χ2v) is 5.56. The van der Waals surface area contributed by atoms with E-state index < -0.39 is 4.92 Å². The van der Waals surface area contributed by atoms with Crippen molar-refractivity contribution in [1.29, 1.82) is 0 Å². The molecule has 1 aromatic carbocycles. The zero-order valence-corrected chi connectivity index (χ0v) is 13.0. The monoisotopic (exact) mass is 356 g/mol. The van der Waals surface area contributed by atoms with Crippen molar-refractivity contribution >= 4 is 33.2 Å². The van der Waals surface area contributed by atoms with E-state index in [4.69, 9.17) is 16.3 Å². The molecule has 0 saturated heterocycles. The lowest BCUT2D eigenvalue weighted by molar-refractivity contribution is -0.386. The van der Waals surface area contributed by atoms with Crippen LogP contribution >= 0.6 is 27.5 Å². The molecule has 0 atom stereocenters. The fourth-order valence-corrected chi connectivity index (χ4v) is 2.43. The van der Waals surface area contributed by atoms with Gasteiger partial charge in [0.05, 0.1) is 4.92 Å². The summed E-state index contributed by atoms with van der Waals surface area (Å²) in [7, 11) is 0. The first-order valence-electron chi connectivity index (χ1n) is 5.63. The third-order valence-corrected chi connectivity index (χ3v) is 3.27. The summed E-state index contributed by atoms with van der Waals surface area (Å²) in [4.78, 5) is 14.5. The van der Waals surface area contributed by atoms with E-state index in [1.54, 1.807) is 12.1 Å². The minimum atomic E-state index is -0.534. The molecule has 0 unspecified atom stereocenters. The topological polar surface area (TPSA) is 65.3 Å². The molecule has 104 valence electrons. The number of rotatable bonds is 3. The van der Waals surface area contributed by atoms with Crippen LogP contribution in [0.3, 0.4) is 0 Å². The number of nitro groups is 1. The van der Waals surface area contributed by atoms with Gasteiger partial charge in [-0.2, -0.15) is 0 Å². The molecule has 5 nitrogen and oxygen atoms in total. The fourth-order valence-electron chi connectivity index (χ4n) is 1.78. The van der Waals surface area contributed by atoms with Gasteiger partial charge in [-0.05, 0) is 53.0 Å². The molecule has 0 aliphatic carbocycles. The van der Waals surface area contributed by atoms with Gasteiger partial charge in [-0.3, -0.25) is 10.1 Å². The Morgan fingerprint density at radius 1 is 1.30 bits per heavy atom. The van der Waals surface area contributed by atoms with Crippen molar-refractivity contribution < 1.29 is 9.66 Å². The van der Waals surface area contributed by atoms with Crippen LogP contribution in [0, 0.1) is 24.0 Å². The Morgan fingerprint density at radius 3 is 2.45 bits per heavy atom. The first-order chi connectivity index (χ1) is 9.38. The number of halogens is 2. The number of hydrogen-bond donors (Lipinski definition) is 0. The van der Waals surface area contributed by atoms with Crippen LogP contribution in [0.4, 0.5) is 5.69 Å². The number of pyridine rings is 1. The smallest absolute Gasteiger partial charge is 0.332 e. The third-order valence-electron chi connectivity index (χ3n) is 2.62. The second-order valence-electron chi connectivity index (χ2n) is 4.21. The van der Waals surface area contributed by atoms with Gasteiger partial charge < -0.3 is 4.74 Å². The van der Waals surface area contributed by atoms with E-state index in [1.165, 1.54) is 12.3 Å². The van der Waals surface area contributed by atoms with Crippen molar-refractivity contribution in [3.05, 3.63) is 55.1 Å². The van der Waals surface area contributed by atoms with E-state index in [0.29, 0.717) is 15.2 Å². The molecule has 0 aliphatic rings. The van der Waals surface area contributed by atoms with Crippen molar-refractivity contribution in [2.24, 2.45) is 0 Å². The van der Waals surface area contributed by atoms with Crippen LogP contribution in [-0.4, -0.2) is 9.91 Å². The normalized spacial score (nSPS) is 10.4. The highest BCUT2D eigenvalue weighted by Gasteiger charge is 2.19. The zero-order valence-electron chi connectivity index (χ0n) is 10.7. The molecule has 2 aromatic rings. The van der Waals surface area contributed by atoms with Gasteiger partial charge in [0.1, 0.15) is 5.75 Å². The maximum Gasteiger partial charge on any atom is 0.332 e. The van der Waals surface area contributed by atoms with Crippen LogP contribution < -0.4 is 4.74 Å². The summed E-state index contributed by atoms with van der Waals surface area (Å²) in [5.41, 5.74) is 1.37. The Bertz CT molecular complexity index is 668. The molecule has 0 saturated carbocycles. The predicted octanol–water partition coefficient (Wildman–Crippen LogP) is 4.81. The average Bonchev–Trinajstić information content (AvgIpc) is 2.34. The summed E-state index contributed by atoms with van der Waals surface area (Å²) in [6, 6.07) is 4.81. The molecule has 0 radical (unpaired) electrons. The van der Waals surface area contributed by atoms with Gasteiger partial charge in [-0.1, -0.05) is 11.6 Å².